The second-order valence-corrected chi connectivity index (χ2v) is 2.81. The van der Waals surface area contributed by atoms with Crippen LogP contribution in [0.5, 0.6) is 0 Å². The fourth-order valence-electron chi connectivity index (χ4n) is 1.17. The summed E-state index contributed by atoms with van der Waals surface area (Å²) in [5, 5.41) is 0. The first-order chi connectivity index (χ1) is 6.77. The Morgan fingerprint density at radius 2 is 1.71 bits per heavy atom. The quantitative estimate of drug-likeness (QED) is 0.744. The molecule has 0 radical (unpaired) electrons. The maximum Gasteiger partial charge on any atom is 0.219 e. The molecule has 2 aromatic rings. The second kappa shape index (κ2) is 3.41. The molecule has 0 atom stereocenters. The van der Waals surface area contributed by atoms with E-state index in [2.05, 4.69) is 9.97 Å². The van der Waals surface area contributed by atoms with Crippen molar-refractivity contribution in [2.75, 3.05) is 5.73 Å². The monoisotopic (exact) mass is 189 g/mol. The molecule has 1 aromatic heterocycles. The molecular weight excluding hydrogens is 181 g/mol. The summed E-state index contributed by atoms with van der Waals surface area (Å²) in [6.07, 6.45) is 3.00. The van der Waals surface area contributed by atoms with Gasteiger partial charge in [-0.05, 0) is 6.07 Å². The maximum absolute atomic E-state index is 13.3. The van der Waals surface area contributed by atoms with Crippen LogP contribution < -0.4 is 5.73 Å². The Morgan fingerprint density at radius 3 is 2.36 bits per heavy atom. The Bertz CT molecular complexity index is 439. The molecule has 0 aliphatic heterocycles. The minimum atomic E-state index is -0.291. The zero-order chi connectivity index (χ0) is 9.97. The predicted molar refractivity (Wildman–Crippen MR) is 51.8 cm³/mol. The van der Waals surface area contributed by atoms with E-state index in [1.54, 1.807) is 18.2 Å². The number of nitrogens with zero attached hydrogens (tertiary/aromatic N) is 2. The average molecular weight is 189 g/mol. The Hall–Kier alpha value is -1.97. The van der Waals surface area contributed by atoms with E-state index in [1.807, 2.05) is 0 Å². The first-order valence-corrected chi connectivity index (χ1v) is 4.10. The molecular formula is C10H8FN3. The Kier molecular flexibility index (Phi) is 2.10. The number of anilines is 1. The van der Waals surface area contributed by atoms with E-state index in [4.69, 9.17) is 5.73 Å². The molecule has 0 amide bonds. The van der Waals surface area contributed by atoms with Crippen molar-refractivity contribution in [2.45, 2.75) is 0 Å². The first kappa shape index (κ1) is 8.62. The Balaban J connectivity index is 2.50. The van der Waals surface area contributed by atoms with Crippen LogP contribution in [0, 0.1) is 5.82 Å². The van der Waals surface area contributed by atoms with Gasteiger partial charge in [0.15, 0.2) is 0 Å². The number of halogens is 1. The lowest BCUT2D eigenvalue weighted by atomic mass is 10.1. The first-order valence-electron chi connectivity index (χ1n) is 4.10. The van der Waals surface area contributed by atoms with Gasteiger partial charge in [-0.1, -0.05) is 18.2 Å². The van der Waals surface area contributed by atoms with E-state index >= 15 is 0 Å². The van der Waals surface area contributed by atoms with E-state index in [0.717, 1.165) is 0 Å². The number of benzene rings is 1. The van der Waals surface area contributed by atoms with Gasteiger partial charge < -0.3 is 5.73 Å². The van der Waals surface area contributed by atoms with Crippen LogP contribution in [0.4, 0.5) is 10.3 Å². The van der Waals surface area contributed by atoms with Gasteiger partial charge in [0.1, 0.15) is 5.82 Å². The van der Waals surface area contributed by atoms with Crippen LogP contribution in [0.3, 0.4) is 0 Å². The molecule has 2 rings (SSSR count). The second-order valence-electron chi connectivity index (χ2n) is 2.81. The molecule has 70 valence electrons. The minimum absolute atomic E-state index is 0.185. The summed E-state index contributed by atoms with van der Waals surface area (Å²) in [6.45, 7) is 0. The third-order valence-electron chi connectivity index (χ3n) is 1.86. The van der Waals surface area contributed by atoms with Gasteiger partial charge in [0.2, 0.25) is 5.95 Å². The van der Waals surface area contributed by atoms with Crippen LogP contribution in [-0.4, -0.2) is 9.97 Å². The molecule has 14 heavy (non-hydrogen) atoms. The SMILES string of the molecule is Nc1ncc(-c2ccccc2F)cn1. The highest BCUT2D eigenvalue weighted by Crippen LogP contribution is 2.20. The number of hydrogen-bond donors (Lipinski definition) is 1. The van der Waals surface area contributed by atoms with Crippen LogP contribution in [0.25, 0.3) is 11.1 Å². The van der Waals surface area contributed by atoms with E-state index < -0.39 is 0 Å². The van der Waals surface area contributed by atoms with Crippen LogP contribution in [0.15, 0.2) is 36.7 Å². The summed E-state index contributed by atoms with van der Waals surface area (Å²) < 4.78 is 13.3. The lowest BCUT2D eigenvalue weighted by Crippen LogP contribution is -1.94. The molecule has 0 bridgehead atoms. The predicted octanol–water partition coefficient (Wildman–Crippen LogP) is 1.86. The van der Waals surface area contributed by atoms with Crippen molar-refractivity contribution < 1.29 is 4.39 Å². The average Bonchev–Trinajstić information content (AvgIpc) is 2.20. The summed E-state index contributed by atoms with van der Waals surface area (Å²) in [5.41, 5.74) is 6.43. The van der Waals surface area contributed by atoms with Crippen molar-refractivity contribution in [2.24, 2.45) is 0 Å². The van der Waals surface area contributed by atoms with Crippen LogP contribution in [0.2, 0.25) is 0 Å². The molecule has 2 N–H and O–H groups in total. The highest BCUT2D eigenvalue weighted by molar-refractivity contribution is 5.62. The number of rotatable bonds is 1. The summed E-state index contributed by atoms with van der Waals surface area (Å²) in [4.78, 5) is 7.59. The largest absolute Gasteiger partial charge is 0.368 e. The third kappa shape index (κ3) is 1.54. The Morgan fingerprint density at radius 1 is 1.07 bits per heavy atom. The van der Waals surface area contributed by atoms with Crippen molar-refractivity contribution in [1.29, 1.82) is 0 Å². The lowest BCUT2D eigenvalue weighted by molar-refractivity contribution is 0.631. The number of aromatic nitrogens is 2. The number of hydrogen-bond acceptors (Lipinski definition) is 3. The van der Waals surface area contributed by atoms with Gasteiger partial charge in [-0.2, -0.15) is 0 Å². The molecule has 0 fully saturated rings. The van der Waals surface area contributed by atoms with E-state index in [1.165, 1.54) is 18.5 Å². The molecule has 0 aliphatic carbocycles. The van der Waals surface area contributed by atoms with Crippen LogP contribution >= 0.6 is 0 Å². The van der Waals surface area contributed by atoms with Gasteiger partial charge in [-0.25, -0.2) is 14.4 Å². The van der Waals surface area contributed by atoms with Crippen LogP contribution in [-0.2, 0) is 0 Å². The molecule has 3 nitrogen and oxygen atoms in total. The molecule has 0 saturated heterocycles. The van der Waals surface area contributed by atoms with E-state index in [-0.39, 0.29) is 11.8 Å². The van der Waals surface area contributed by atoms with Crippen LogP contribution in [0.1, 0.15) is 0 Å². The minimum Gasteiger partial charge on any atom is -0.368 e. The fraction of sp³-hybridized carbons (Fsp3) is 0. The molecule has 0 spiro atoms. The topological polar surface area (TPSA) is 51.8 Å². The standard InChI is InChI=1S/C10H8FN3/c11-9-4-2-1-3-8(9)7-5-13-10(12)14-6-7/h1-6H,(H2,12,13,14). The van der Waals surface area contributed by atoms with Crippen molar-refractivity contribution in [1.82, 2.24) is 9.97 Å². The van der Waals surface area contributed by atoms with Gasteiger partial charge in [0.05, 0.1) is 0 Å². The zero-order valence-electron chi connectivity index (χ0n) is 7.31. The maximum atomic E-state index is 13.3. The van der Waals surface area contributed by atoms with E-state index in [0.29, 0.717) is 11.1 Å². The van der Waals surface area contributed by atoms with Crippen molar-refractivity contribution >= 4 is 5.95 Å². The molecule has 0 aliphatic rings. The number of nitrogen functional groups attached to an aromatic ring is 1. The molecule has 0 unspecified atom stereocenters. The van der Waals surface area contributed by atoms with Crippen molar-refractivity contribution in [3.05, 3.63) is 42.5 Å². The van der Waals surface area contributed by atoms with Gasteiger partial charge >= 0.3 is 0 Å². The summed E-state index contributed by atoms with van der Waals surface area (Å²) in [7, 11) is 0. The highest BCUT2D eigenvalue weighted by atomic mass is 19.1. The molecule has 4 heteroatoms. The molecule has 1 aromatic carbocycles. The number of nitrogens with two attached hydrogens (primary N) is 1. The summed E-state index contributed by atoms with van der Waals surface area (Å²) in [5.74, 6) is -0.106. The zero-order valence-corrected chi connectivity index (χ0v) is 7.31. The van der Waals surface area contributed by atoms with Gasteiger partial charge in [-0.3, -0.25) is 0 Å². The smallest absolute Gasteiger partial charge is 0.219 e. The Labute approximate surface area is 80.4 Å². The highest BCUT2D eigenvalue weighted by Gasteiger charge is 2.03. The van der Waals surface area contributed by atoms with Gasteiger partial charge in [0, 0.05) is 23.5 Å². The van der Waals surface area contributed by atoms with E-state index in [9.17, 15) is 4.39 Å². The van der Waals surface area contributed by atoms with Crippen molar-refractivity contribution in [3.63, 3.8) is 0 Å². The summed E-state index contributed by atoms with van der Waals surface area (Å²) in [6, 6.07) is 6.46. The summed E-state index contributed by atoms with van der Waals surface area (Å²) >= 11 is 0. The third-order valence-corrected chi connectivity index (χ3v) is 1.86. The van der Waals surface area contributed by atoms with Crippen molar-refractivity contribution in [3.8, 4) is 11.1 Å². The fourth-order valence-corrected chi connectivity index (χ4v) is 1.17. The normalized spacial score (nSPS) is 10.1. The van der Waals surface area contributed by atoms with Gasteiger partial charge in [-0.15, -0.1) is 0 Å². The molecule has 1 heterocycles. The lowest BCUT2D eigenvalue weighted by Gasteiger charge is -2.01. The van der Waals surface area contributed by atoms with Gasteiger partial charge in [0.25, 0.3) is 0 Å². The molecule has 0 saturated carbocycles.